The van der Waals surface area contributed by atoms with Gasteiger partial charge in [-0.2, -0.15) is 0 Å². The number of thiophene rings is 1. The van der Waals surface area contributed by atoms with Crippen molar-refractivity contribution in [2.75, 3.05) is 33.2 Å². The van der Waals surface area contributed by atoms with Crippen molar-refractivity contribution in [2.24, 2.45) is 10.9 Å². The fourth-order valence-corrected chi connectivity index (χ4v) is 4.04. The summed E-state index contributed by atoms with van der Waals surface area (Å²) in [6.07, 6.45) is 3.94. The summed E-state index contributed by atoms with van der Waals surface area (Å²) in [5.41, 5.74) is 0. The number of rotatable bonds is 6. The minimum absolute atomic E-state index is 0. The summed E-state index contributed by atoms with van der Waals surface area (Å²) in [6.45, 7) is 11.4. The van der Waals surface area contributed by atoms with E-state index in [1.807, 2.05) is 24.6 Å². The monoisotopic (exact) mass is 502 g/mol. The maximum absolute atomic E-state index is 4.49. The lowest BCUT2D eigenvalue weighted by Crippen LogP contribution is -2.52. The lowest BCUT2D eigenvalue weighted by Gasteiger charge is -2.36. The van der Waals surface area contributed by atoms with Gasteiger partial charge >= 0.3 is 0 Å². The molecular weight excluding hydrogens is 471 g/mol. The molecule has 150 valence electrons. The van der Waals surface area contributed by atoms with Crippen molar-refractivity contribution in [3.05, 3.63) is 40.6 Å². The number of aromatic nitrogens is 2. The van der Waals surface area contributed by atoms with Crippen LogP contribution in [0.5, 0.6) is 0 Å². The molecule has 0 spiro atoms. The lowest BCUT2D eigenvalue weighted by molar-refractivity contribution is 0.173. The first kappa shape index (κ1) is 22.2. The molecule has 27 heavy (non-hydrogen) atoms. The summed E-state index contributed by atoms with van der Waals surface area (Å²) < 4.78 is 2.23. The summed E-state index contributed by atoms with van der Waals surface area (Å²) in [7, 11) is 1.86. The molecule has 0 atom stereocenters. The third kappa shape index (κ3) is 6.46. The highest BCUT2D eigenvalue weighted by Gasteiger charge is 2.20. The first-order valence-electron chi connectivity index (χ1n) is 9.36. The van der Waals surface area contributed by atoms with Crippen molar-refractivity contribution in [1.82, 2.24) is 24.7 Å². The molecule has 1 N–H and O–H groups in total. The Kier molecular flexibility index (Phi) is 9.04. The maximum atomic E-state index is 4.49. The Morgan fingerprint density at radius 2 is 2.07 bits per heavy atom. The minimum Gasteiger partial charge on any atom is -0.349 e. The smallest absolute Gasteiger partial charge is 0.194 e. The normalized spacial score (nSPS) is 15.9. The van der Waals surface area contributed by atoms with Gasteiger partial charge in [-0.25, -0.2) is 4.98 Å². The van der Waals surface area contributed by atoms with Gasteiger partial charge in [0.25, 0.3) is 0 Å². The van der Waals surface area contributed by atoms with Gasteiger partial charge in [0.2, 0.25) is 0 Å². The molecule has 8 heteroatoms. The molecule has 0 radical (unpaired) electrons. The standard InChI is InChI=1S/C19H30N6S.HI/c1-16(2)14-25-7-6-21-18(25)13-22-19(20-3)24-10-8-23(9-11-24)15-17-5-4-12-26-17;/h4-7,12,16H,8-11,13-15H2,1-3H3,(H,20,22);1H. The van der Waals surface area contributed by atoms with Gasteiger partial charge in [0.05, 0.1) is 6.54 Å². The number of hydrogen-bond acceptors (Lipinski definition) is 4. The van der Waals surface area contributed by atoms with Gasteiger partial charge in [-0.1, -0.05) is 19.9 Å². The zero-order valence-electron chi connectivity index (χ0n) is 16.5. The zero-order valence-corrected chi connectivity index (χ0v) is 19.6. The number of nitrogens with one attached hydrogen (secondary N) is 1. The largest absolute Gasteiger partial charge is 0.349 e. The summed E-state index contributed by atoms with van der Waals surface area (Å²) in [4.78, 5) is 15.3. The third-order valence-electron chi connectivity index (χ3n) is 4.61. The molecule has 3 rings (SSSR count). The molecule has 0 saturated carbocycles. The van der Waals surface area contributed by atoms with Gasteiger partial charge < -0.3 is 14.8 Å². The number of piperazine rings is 1. The molecule has 2 aromatic heterocycles. The maximum Gasteiger partial charge on any atom is 0.194 e. The highest BCUT2D eigenvalue weighted by molar-refractivity contribution is 14.0. The van der Waals surface area contributed by atoms with E-state index in [2.05, 4.69) is 67.2 Å². The van der Waals surface area contributed by atoms with Crippen LogP contribution in [0.15, 0.2) is 34.9 Å². The molecule has 0 amide bonds. The van der Waals surface area contributed by atoms with Crippen LogP contribution in [0.3, 0.4) is 0 Å². The lowest BCUT2D eigenvalue weighted by atomic mass is 10.2. The van der Waals surface area contributed by atoms with Crippen LogP contribution in [0.1, 0.15) is 24.5 Å². The Bertz CT molecular complexity index is 689. The van der Waals surface area contributed by atoms with E-state index < -0.39 is 0 Å². The van der Waals surface area contributed by atoms with Crippen LogP contribution in [0.25, 0.3) is 0 Å². The van der Waals surface area contributed by atoms with Gasteiger partial charge in [0, 0.05) is 63.6 Å². The van der Waals surface area contributed by atoms with Crippen molar-refractivity contribution < 1.29 is 0 Å². The van der Waals surface area contributed by atoms with Crippen molar-refractivity contribution in [3.8, 4) is 0 Å². The number of guanidine groups is 1. The Labute approximate surface area is 183 Å². The molecule has 0 bridgehead atoms. The Balaban J connectivity index is 0.00000261. The quantitative estimate of drug-likeness (QED) is 0.375. The second-order valence-corrected chi connectivity index (χ2v) is 8.17. The Hall–Kier alpha value is -1.13. The number of nitrogens with zero attached hydrogens (tertiary/aromatic N) is 5. The number of halogens is 1. The molecule has 0 aromatic carbocycles. The SMILES string of the molecule is CN=C(NCc1nccn1CC(C)C)N1CCN(Cc2cccs2)CC1.I. The molecule has 1 saturated heterocycles. The van der Waals surface area contributed by atoms with E-state index in [0.29, 0.717) is 12.5 Å². The molecule has 0 unspecified atom stereocenters. The van der Waals surface area contributed by atoms with E-state index in [0.717, 1.165) is 51.1 Å². The molecule has 1 aliphatic rings. The van der Waals surface area contributed by atoms with Gasteiger partial charge in [0.15, 0.2) is 5.96 Å². The molecule has 6 nitrogen and oxygen atoms in total. The van der Waals surface area contributed by atoms with Crippen molar-refractivity contribution in [2.45, 2.75) is 33.5 Å². The summed E-state index contributed by atoms with van der Waals surface area (Å²) >= 11 is 1.84. The van der Waals surface area contributed by atoms with Gasteiger partial charge in [-0.3, -0.25) is 9.89 Å². The predicted octanol–water partition coefficient (Wildman–Crippen LogP) is 3.11. The summed E-state index contributed by atoms with van der Waals surface area (Å²) in [6, 6.07) is 4.35. The van der Waals surface area contributed by atoms with E-state index in [9.17, 15) is 0 Å². The highest BCUT2D eigenvalue weighted by atomic mass is 127. The number of hydrogen-bond donors (Lipinski definition) is 1. The van der Waals surface area contributed by atoms with Crippen LogP contribution in [0, 0.1) is 5.92 Å². The molecule has 0 aliphatic carbocycles. The second-order valence-electron chi connectivity index (χ2n) is 7.13. The topological polar surface area (TPSA) is 48.7 Å². The number of aliphatic imine (C=N–C) groups is 1. The second kappa shape index (κ2) is 11.0. The van der Waals surface area contributed by atoms with Gasteiger partial charge in [0.1, 0.15) is 5.82 Å². The summed E-state index contributed by atoms with van der Waals surface area (Å²) in [5.74, 6) is 2.65. The Morgan fingerprint density at radius 3 is 2.70 bits per heavy atom. The molecule has 1 fully saturated rings. The summed E-state index contributed by atoms with van der Waals surface area (Å²) in [5, 5.41) is 5.65. The fraction of sp³-hybridized carbons (Fsp3) is 0.579. The van der Waals surface area contributed by atoms with Crippen LogP contribution >= 0.6 is 35.3 Å². The van der Waals surface area contributed by atoms with E-state index in [1.54, 1.807) is 0 Å². The average Bonchev–Trinajstić information content (AvgIpc) is 3.28. The van der Waals surface area contributed by atoms with Crippen molar-refractivity contribution >= 4 is 41.3 Å². The van der Waals surface area contributed by atoms with Gasteiger partial charge in [-0.15, -0.1) is 35.3 Å². The first-order chi connectivity index (χ1) is 12.7. The fourth-order valence-electron chi connectivity index (χ4n) is 3.30. The van der Waals surface area contributed by atoms with Gasteiger partial charge in [-0.05, 0) is 17.4 Å². The highest BCUT2D eigenvalue weighted by Crippen LogP contribution is 2.13. The van der Waals surface area contributed by atoms with Crippen LogP contribution in [-0.4, -0.2) is 58.5 Å². The van der Waals surface area contributed by atoms with Crippen molar-refractivity contribution in [3.63, 3.8) is 0 Å². The van der Waals surface area contributed by atoms with E-state index in [1.165, 1.54) is 4.88 Å². The molecule has 1 aliphatic heterocycles. The Morgan fingerprint density at radius 1 is 1.30 bits per heavy atom. The van der Waals surface area contributed by atoms with E-state index in [4.69, 9.17) is 0 Å². The van der Waals surface area contributed by atoms with E-state index in [-0.39, 0.29) is 24.0 Å². The number of imidazole rings is 1. The van der Waals surface area contributed by atoms with Crippen LogP contribution in [-0.2, 0) is 19.6 Å². The third-order valence-corrected chi connectivity index (χ3v) is 5.47. The van der Waals surface area contributed by atoms with E-state index >= 15 is 0 Å². The zero-order chi connectivity index (χ0) is 18.4. The first-order valence-corrected chi connectivity index (χ1v) is 10.2. The molecule has 3 heterocycles. The van der Waals surface area contributed by atoms with Crippen LogP contribution in [0.2, 0.25) is 0 Å². The molecular formula is C19H31IN6S. The average molecular weight is 502 g/mol. The van der Waals surface area contributed by atoms with Crippen molar-refractivity contribution in [1.29, 1.82) is 0 Å². The predicted molar refractivity (Wildman–Crippen MR) is 124 cm³/mol. The van der Waals surface area contributed by atoms with Crippen LogP contribution < -0.4 is 5.32 Å². The minimum atomic E-state index is 0. The molecule has 2 aromatic rings. The van der Waals surface area contributed by atoms with Crippen LogP contribution in [0.4, 0.5) is 0 Å².